The second-order valence-electron chi connectivity index (χ2n) is 6.05. The third kappa shape index (κ3) is 4.23. The predicted octanol–water partition coefficient (Wildman–Crippen LogP) is 3.30. The van der Waals surface area contributed by atoms with Crippen molar-refractivity contribution in [1.29, 1.82) is 10.5 Å². The standard InChI is InChI=1S/C19H12ClF3N6O2/c20-15-5-10(1-2-14(15)19(21,22)23)16-12(6-24)17(26)28-18(13(16)7-25)29-9-11(8-27-29)31-4-3-30/h1-2,5,8-9,30H,3-4H2,(H2,26,28). The van der Waals surface area contributed by atoms with Gasteiger partial charge in [-0.1, -0.05) is 17.7 Å². The minimum Gasteiger partial charge on any atom is -0.488 e. The Hall–Kier alpha value is -3.80. The summed E-state index contributed by atoms with van der Waals surface area (Å²) in [6, 6.07) is 6.58. The maximum atomic E-state index is 13.1. The van der Waals surface area contributed by atoms with Crippen molar-refractivity contribution < 1.29 is 23.0 Å². The lowest BCUT2D eigenvalue weighted by molar-refractivity contribution is -0.137. The molecule has 12 heteroatoms. The fourth-order valence-corrected chi connectivity index (χ4v) is 3.11. The largest absolute Gasteiger partial charge is 0.488 e. The van der Waals surface area contributed by atoms with Crippen molar-refractivity contribution in [2.75, 3.05) is 18.9 Å². The Bertz CT molecular complexity index is 1230. The molecule has 31 heavy (non-hydrogen) atoms. The zero-order chi connectivity index (χ0) is 22.8. The fourth-order valence-electron chi connectivity index (χ4n) is 2.82. The molecule has 0 saturated heterocycles. The normalized spacial score (nSPS) is 11.1. The van der Waals surface area contributed by atoms with Crippen molar-refractivity contribution >= 4 is 17.4 Å². The number of halogens is 4. The summed E-state index contributed by atoms with van der Waals surface area (Å²) < 4.78 is 45.6. The number of alkyl halides is 3. The van der Waals surface area contributed by atoms with Crippen LogP contribution in [0, 0.1) is 22.7 Å². The molecule has 0 bridgehead atoms. The van der Waals surface area contributed by atoms with Gasteiger partial charge in [0.15, 0.2) is 11.6 Å². The lowest BCUT2D eigenvalue weighted by Crippen LogP contribution is -2.10. The number of nitrogen functional groups attached to an aromatic ring is 1. The molecule has 0 fully saturated rings. The fraction of sp³-hybridized carbons (Fsp3) is 0.158. The maximum absolute atomic E-state index is 13.1. The molecule has 2 aromatic heterocycles. The average Bonchev–Trinajstić information content (AvgIpc) is 3.19. The third-order valence-electron chi connectivity index (χ3n) is 4.13. The first-order chi connectivity index (χ1) is 14.7. The number of nitriles is 2. The van der Waals surface area contributed by atoms with Gasteiger partial charge in [0.25, 0.3) is 0 Å². The SMILES string of the molecule is N#Cc1c(N)nc(-n2cc(OCCO)cn2)c(C#N)c1-c1ccc(C(F)(F)F)c(Cl)c1. The van der Waals surface area contributed by atoms with E-state index >= 15 is 0 Å². The van der Waals surface area contributed by atoms with Crippen LogP contribution < -0.4 is 10.5 Å². The Morgan fingerprint density at radius 2 is 1.94 bits per heavy atom. The van der Waals surface area contributed by atoms with E-state index in [1.54, 1.807) is 0 Å². The van der Waals surface area contributed by atoms with E-state index in [1.165, 1.54) is 12.4 Å². The highest BCUT2D eigenvalue weighted by Crippen LogP contribution is 2.39. The molecule has 0 aliphatic heterocycles. The smallest absolute Gasteiger partial charge is 0.417 e. The zero-order valence-electron chi connectivity index (χ0n) is 15.5. The topological polar surface area (TPSA) is 134 Å². The Balaban J connectivity index is 2.24. The van der Waals surface area contributed by atoms with Crippen molar-refractivity contribution in [3.05, 3.63) is 52.3 Å². The van der Waals surface area contributed by atoms with E-state index < -0.39 is 16.8 Å². The van der Waals surface area contributed by atoms with Gasteiger partial charge in [-0.15, -0.1) is 0 Å². The number of rotatable bonds is 5. The number of aliphatic hydroxyl groups excluding tert-OH is 1. The van der Waals surface area contributed by atoms with Gasteiger partial charge in [-0.25, -0.2) is 9.67 Å². The Morgan fingerprint density at radius 1 is 1.23 bits per heavy atom. The van der Waals surface area contributed by atoms with Crippen molar-refractivity contribution in [3.8, 4) is 34.8 Å². The second-order valence-corrected chi connectivity index (χ2v) is 6.46. The van der Waals surface area contributed by atoms with Crippen LogP contribution in [0.5, 0.6) is 5.75 Å². The molecule has 8 nitrogen and oxygen atoms in total. The molecule has 0 atom stereocenters. The van der Waals surface area contributed by atoms with Crippen molar-refractivity contribution in [1.82, 2.24) is 14.8 Å². The number of aliphatic hydroxyl groups is 1. The van der Waals surface area contributed by atoms with Gasteiger partial charge < -0.3 is 15.6 Å². The quantitative estimate of drug-likeness (QED) is 0.611. The van der Waals surface area contributed by atoms with Gasteiger partial charge in [0.1, 0.15) is 35.7 Å². The summed E-state index contributed by atoms with van der Waals surface area (Å²) in [4.78, 5) is 4.06. The van der Waals surface area contributed by atoms with Crippen molar-refractivity contribution in [2.45, 2.75) is 6.18 Å². The number of benzene rings is 1. The molecule has 0 unspecified atom stereocenters. The van der Waals surface area contributed by atoms with Crippen LogP contribution in [-0.2, 0) is 6.18 Å². The first kappa shape index (κ1) is 21.9. The number of hydrogen-bond acceptors (Lipinski definition) is 7. The van der Waals surface area contributed by atoms with Gasteiger partial charge in [0.2, 0.25) is 0 Å². The lowest BCUT2D eigenvalue weighted by Gasteiger charge is -2.15. The molecule has 0 spiro atoms. The molecule has 3 rings (SSSR count). The van der Waals surface area contributed by atoms with Gasteiger partial charge in [0, 0.05) is 5.56 Å². The minimum absolute atomic E-state index is 0.00897. The summed E-state index contributed by atoms with van der Waals surface area (Å²) >= 11 is 5.82. The van der Waals surface area contributed by atoms with Crippen molar-refractivity contribution in [3.63, 3.8) is 0 Å². The first-order valence-electron chi connectivity index (χ1n) is 8.50. The van der Waals surface area contributed by atoms with E-state index in [4.69, 9.17) is 27.2 Å². The summed E-state index contributed by atoms with van der Waals surface area (Å²) in [6.45, 7) is -0.218. The van der Waals surface area contributed by atoms with Gasteiger partial charge in [0.05, 0.1) is 29.6 Å². The Morgan fingerprint density at radius 3 is 2.52 bits per heavy atom. The van der Waals surface area contributed by atoms with Gasteiger partial charge >= 0.3 is 6.18 Å². The molecule has 158 valence electrons. The highest BCUT2D eigenvalue weighted by molar-refractivity contribution is 6.31. The van der Waals surface area contributed by atoms with Crippen LogP contribution in [0.1, 0.15) is 16.7 Å². The summed E-state index contributed by atoms with van der Waals surface area (Å²) in [5.74, 6) is -0.0542. The van der Waals surface area contributed by atoms with E-state index in [9.17, 15) is 23.7 Å². The number of nitrogens with zero attached hydrogens (tertiary/aromatic N) is 5. The molecule has 0 aliphatic carbocycles. The predicted molar refractivity (Wildman–Crippen MR) is 103 cm³/mol. The van der Waals surface area contributed by atoms with Gasteiger partial charge in [-0.3, -0.25) is 0 Å². The van der Waals surface area contributed by atoms with Gasteiger partial charge in [-0.05, 0) is 17.7 Å². The number of anilines is 1. The third-order valence-corrected chi connectivity index (χ3v) is 4.44. The summed E-state index contributed by atoms with van der Waals surface area (Å²) in [7, 11) is 0. The zero-order valence-corrected chi connectivity index (χ0v) is 16.2. The summed E-state index contributed by atoms with van der Waals surface area (Å²) in [5.41, 5.74) is 4.53. The maximum Gasteiger partial charge on any atom is 0.417 e. The molecule has 0 saturated carbocycles. The van der Waals surface area contributed by atoms with E-state index in [-0.39, 0.29) is 52.9 Å². The number of aromatic nitrogens is 3. The molecule has 3 aromatic rings. The Kier molecular flexibility index (Phi) is 6.02. The van der Waals surface area contributed by atoms with Crippen LogP contribution in [0.15, 0.2) is 30.6 Å². The van der Waals surface area contributed by atoms with E-state index in [1.807, 2.05) is 12.1 Å². The molecular formula is C19H12ClF3N6O2. The van der Waals surface area contributed by atoms with Crippen LogP contribution in [-0.4, -0.2) is 33.1 Å². The molecule has 0 amide bonds. The molecule has 3 N–H and O–H groups in total. The van der Waals surface area contributed by atoms with Crippen LogP contribution >= 0.6 is 11.6 Å². The van der Waals surface area contributed by atoms with Crippen LogP contribution in [0.3, 0.4) is 0 Å². The molecule has 1 aromatic carbocycles. The van der Waals surface area contributed by atoms with Crippen LogP contribution in [0.25, 0.3) is 16.9 Å². The summed E-state index contributed by atoms with van der Waals surface area (Å²) in [5, 5.41) is 31.6. The summed E-state index contributed by atoms with van der Waals surface area (Å²) in [6.07, 6.45) is -2.00. The second kappa shape index (κ2) is 8.52. The van der Waals surface area contributed by atoms with E-state index in [0.717, 1.165) is 22.9 Å². The first-order valence-corrected chi connectivity index (χ1v) is 8.88. The van der Waals surface area contributed by atoms with E-state index in [0.29, 0.717) is 0 Å². The van der Waals surface area contributed by atoms with Crippen molar-refractivity contribution in [2.24, 2.45) is 0 Å². The number of pyridine rings is 1. The average molecular weight is 449 g/mol. The number of hydrogen-bond donors (Lipinski definition) is 2. The molecular weight excluding hydrogens is 437 g/mol. The highest BCUT2D eigenvalue weighted by Gasteiger charge is 2.33. The number of nitrogens with two attached hydrogens (primary N) is 1. The molecule has 0 aliphatic rings. The highest BCUT2D eigenvalue weighted by atomic mass is 35.5. The number of ether oxygens (including phenoxy) is 1. The van der Waals surface area contributed by atoms with Gasteiger partial charge in [-0.2, -0.15) is 28.8 Å². The monoisotopic (exact) mass is 448 g/mol. The van der Waals surface area contributed by atoms with Crippen LogP contribution in [0.4, 0.5) is 19.0 Å². The van der Waals surface area contributed by atoms with E-state index in [2.05, 4.69) is 10.1 Å². The minimum atomic E-state index is -4.67. The molecule has 0 radical (unpaired) electrons. The molecule has 2 heterocycles. The lowest BCUT2D eigenvalue weighted by atomic mass is 9.95. The van der Waals surface area contributed by atoms with Crippen LogP contribution in [0.2, 0.25) is 5.02 Å². The Labute approximate surface area is 178 Å².